The summed E-state index contributed by atoms with van der Waals surface area (Å²) in [5.74, 6) is -0.611. The van der Waals surface area contributed by atoms with E-state index in [1.54, 1.807) is 4.90 Å². The fraction of sp³-hybridized carbons (Fsp3) is 0.688. The summed E-state index contributed by atoms with van der Waals surface area (Å²) in [5, 5.41) is 4.49. The van der Waals surface area contributed by atoms with Crippen LogP contribution in [0.15, 0.2) is 6.07 Å². The number of nitrogens with two attached hydrogens (primary N) is 1. The molecule has 6 nitrogen and oxygen atoms in total. The van der Waals surface area contributed by atoms with Crippen LogP contribution in [0.2, 0.25) is 0 Å². The van der Waals surface area contributed by atoms with Crippen LogP contribution in [0.5, 0.6) is 0 Å². The van der Waals surface area contributed by atoms with E-state index in [9.17, 15) is 9.59 Å². The summed E-state index contributed by atoms with van der Waals surface area (Å²) in [6, 6.07) is 1.61. The molecule has 122 valence electrons. The lowest BCUT2D eigenvalue weighted by Crippen LogP contribution is -2.50. The second kappa shape index (κ2) is 6.94. The SMILES string of the molecule is CCC(CC)n1nc(C(=O)N2CCCCC2C(N)=O)cc1C. The molecule has 0 radical (unpaired) electrons. The van der Waals surface area contributed by atoms with Gasteiger partial charge in [0, 0.05) is 12.2 Å². The van der Waals surface area contributed by atoms with Gasteiger partial charge < -0.3 is 10.6 Å². The molecule has 2 amide bonds. The Bertz CT molecular complexity index is 548. The number of nitrogens with zero attached hydrogens (tertiary/aromatic N) is 3. The Hall–Kier alpha value is -1.85. The summed E-state index contributed by atoms with van der Waals surface area (Å²) in [5.41, 5.74) is 6.83. The number of likely N-dealkylation sites (tertiary alicyclic amines) is 1. The van der Waals surface area contributed by atoms with Gasteiger partial charge >= 0.3 is 0 Å². The van der Waals surface area contributed by atoms with Crippen LogP contribution in [-0.2, 0) is 4.79 Å². The number of rotatable bonds is 5. The molecule has 1 aromatic heterocycles. The van der Waals surface area contributed by atoms with Crippen LogP contribution in [-0.4, -0.2) is 39.1 Å². The van der Waals surface area contributed by atoms with Crippen LogP contribution in [0.3, 0.4) is 0 Å². The molecule has 1 unspecified atom stereocenters. The Balaban J connectivity index is 2.25. The van der Waals surface area contributed by atoms with Gasteiger partial charge in [-0.25, -0.2) is 0 Å². The molecule has 1 fully saturated rings. The molecule has 1 saturated heterocycles. The highest BCUT2D eigenvalue weighted by Gasteiger charge is 2.32. The molecule has 0 aliphatic carbocycles. The van der Waals surface area contributed by atoms with Crippen molar-refractivity contribution in [3.8, 4) is 0 Å². The van der Waals surface area contributed by atoms with E-state index in [0.29, 0.717) is 24.7 Å². The predicted octanol–water partition coefficient (Wildman–Crippen LogP) is 2.03. The first-order valence-corrected chi connectivity index (χ1v) is 8.16. The maximum Gasteiger partial charge on any atom is 0.275 e. The van der Waals surface area contributed by atoms with Gasteiger partial charge in [-0.3, -0.25) is 14.3 Å². The number of aryl methyl sites for hydroxylation is 1. The van der Waals surface area contributed by atoms with Crippen molar-refractivity contribution in [1.29, 1.82) is 0 Å². The van der Waals surface area contributed by atoms with Crippen LogP contribution in [0.4, 0.5) is 0 Å². The summed E-state index contributed by atoms with van der Waals surface area (Å²) in [4.78, 5) is 25.9. The van der Waals surface area contributed by atoms with E-state index in [4.69, 9.17) is 5.73 Å². The molecular weight excluding hydrogens is 280 g/mol. The number of amides is 2. The van der Waals surface area contributed by atoms with Gasteiger partial charge in [0.05, 0.1) is 6.04 Å². The van der Waals surface area contributed by atoms with Crippen molar-refractivity contribution < 1.29 is 9.59 Å². The molecule has 22 heavy (non-hydrogen) atoms. The maximum atomic E-state index is 12.7. The molecule has 1 atom stereocenters. The second-order valence-corrected chi connectivity index (χ2v) is 6.00. The van der Waals surface area contributed by atoms with Gasteiger partial charge in [0.2, 0.25) is 5.91 Å². The normalized spacial score (nSPS) is 18.7. The van der Waals surface area contributed by atoms with Crippen molar-refractivity contribution in [2.24, 2.45) is 5.73 Å². The predicted molar refractivity (Wildman–Crippen MR) is 84.5 cm³/mol. The summed E-state index contributed by atoms with van der Waals surface area (Å²) >= 11 is 0. The molecular formula is C16H26N4O2. The first kappa shape index (κ1) is 16.5. The Morgan fingerprint density at radius 2 is 2.05 bits per heavy atom. The van der Waals surface area contributed by atoms with Crippen molar-refractivity contribution in [2.75, 3.05) is 6.54 Å². The quantitative estimate of drug-likeness (QED) is 0.903. The number of primary amides is 1. The third-order valence-corrected chi connectivity index (χ3v) is 4.52. The van der Waals surface area contributed by atoms with Gasteiger partial charge in [-0.05, 0) is 45.1 Å². The van der Waals surface area contributed by atoms with E-state index >= 15 is 0 Å². The summed E-state index contributed by atoms with van der Waals surface area (Å²) in [6.45, 7) is 6.77. The number of hydrogen-bond acceptors (Lipinski definition) is 3. The third kappa shape index (κ3) is 3.15. The molecule has 1 aliphatic heterocycles. The zero-order chi connectivity index (χ0) is 16.3. The Kier molecular flexibility index (Phi) is 5.21. The van der Waals surface area contributed by atoms with Crippen LogP contribution >= 0.6 is 0 Å². The van der Waals surface area contributed by atoms with Crippen molar-refractivity contribution in [3.05, 3.63) is 17.5 Å². The van der Waals surface area contributed by atoms with Gasteiger partial charge in [-0.2, -0.15) is 5.10 Å². The lowest BCUT2D eigenvalue weighted by Gasteiger charge is -2.33. The van der Waals surface area contributed by atoms with E-state index in [1.165, 1.54) is 0 Å². The van der Waals surface area contributed by atoms with Crippen LogP contribution < -0.4 is 5.73 Å². The van der Waals surface area contributed by atoms with Crippen molar-refractivity contribution in [3.63, 3.8) is 0 Å². The van der Waals surface area contributed by atoms with Gasteiger partial charge in [0.1, 0.15) is 6.04 Å². The second-order valence-electron chi connectivity index (χ2n) is 6.00. The zero-order valence-electron chi connectivity index (χ0n) is 13.7. The molecule has 0 aromatic carbocycles. The minimum Gasteiger partial charge on any atom is -0.368 e. The molecule has 0 bridgehead atoms. The van der Waals surface area contributed by atoms with Crippen LogP contribution in [0, 0.1) is 6.92 Å². The van der Waals surface area contributed by atoms with E-state index in [0.717, 1.165) is 31.4 Å². The summed E-state index contributed by atoms with van der Waals surface area (Å²) < 4.78 is 1.93. The molecule has 2 rings (SSSR count). The minimum absolute atomic E-state index is 0.184. The number of aromatic nitrogens is 2. The van der Waals surface area contributed by atoms with Gasteiger partial charge in [0.25, 0.3) is 5.91 Å². The first-order chi connectivity index (χ1) is 10.5. The first-order valence-electron chi connectivity index (χ1n) is 8.16. The molecule has 0 spiro atoms. The lowest BCUT2D eigenvalue weighted by molar-refractivity contribution is -0.123. The van der Waals surface area contributed by atoms with E-state index in [1.807, 2.05) is 17.7 Å². The number of piperidine rings is 1. The molecule has 1 aromatic rings. The molecule has 2 heterocycles. The summed E-state index contributed by atoms with van der Waals surface area (Å²) in [6.07, 6.45) is 4.42. The average molecular weight is 306 g/mol. The molecule has 1 aliphatic rings. The van der Waals surface area contributed by atoms with Gasteiger partial charge in [0.15, 0.2) is 5.69 Å². The van der Waals surface area contributed by atoms with Crippen molar-refractivity contribution in [1.82, 2.24) is 14.7 Å². The fourth-order valence-corrected chi connectivity index (χ4v) is 3.21. The highest BCUT2D eigenvalue weighted by molar-refractivity contribution is 5.96. The molecule has 0 saturated carbocycles. The smallest absolute Gasteiger partial charge is 0.275 e. The standard InChI is InChI=1S/C16H26N4O2/c1-4-12(5-2)20-11(3)10-13(18-20)16(22)19-9-7-6-8-14(19)15(17)21/h10,12,14H,4-9H2,1-3H3,(H2,17,21). The lowest BCUT2D eigenvalue weighted by atomic mass is 10.0. The Morgan fingerprint density at radius 3 is 2.64 bits per heavy atom. The van der Waals surface area contributed by atoms with E-state index < -0.39 is 11.9 Å². The van der Waals surface area contributed by atoms with E-state index in [2.05, 4.69) is 18.9 Å². The fourth-order valence-electron chi connectivity index (χ4n) is 3.21. The Morgan fingerprint density at radius 1 is 1.36 bits per heavy atom. The zero-order valence-corrected chi connectivity index (χ0v) is 13.7. The number of hydrogen-bond donors (Lipinski definition) is 1. The monoisotopic (exact) mass is 306 g/mol. The molecule has 6 heteroatoms. The average Bonchev–Trinajstić information content (AvgIpc) is 2.90. The van der Waals surface area contributed by atoms with Crippen LogP contribution in [0.1, 0.15) is 68.2 Å². The highest BCUT2D eigenvalue weighted by atomic mass is 16.2. The topological polar surface area (TPSA) is 81.2 Å². The van der Waals surface area contributed by atoms with E-state index in [-0.39, 0.29) is 5.91 Å². The van der Waals surface area contributed by atoms with Crippen molar-refractivity contribution >= 4 is 11.8 Å². The summed E-state index contributed by atoms with van der Waals surface area (Å²) in [7, 11) is 0. The molecule has 2 N–H and O–H groups in total. The van der Waals surface area contributed by atoms with Crippen molar-refractivity contribution in [2.45, 2.75) is 65.0 Å². The minimum atomic E-state index is -0.500. The largest absolute Gasteiger partial charge is 0.368 e. The van der Waals surface area contributed by atoms with Gasteiger partial charge in [-0.1, -0.05) is 13.8 Å². The third-order valence-electron chi connectivity index (χ3n) is 4.52. The van der Waals surface area contributed by atoms with Gasteiger partial charge in [-0.15, -0.1) is 0 Å². The number of carbonyl (C=O) groups is 2. The number of carbonyl (C=O) groups excluding carboxylic acids is 2. The van der Waals surface area contributed by atoms with Crippen LogP contribution in [0.25, 0.3) is 0 Å². The Labute approximate surface area is 131 Å². The maximum absolute atomic E-state index is 12.7. The highest BCUT2D eigenvalue weighted by Crippen LogP contribution is 2.22.